The fourth-order valence-corrected chi connectivity index (χ4v) is 2.07. The van der Waals surface area contributed by atoms with Gasteiger partial charge in [-0.3, -0.25) is 0 Å². The maximum atomic E-state index is 5.19. The second-order valence-electron chi connectivity index (χ2n) is 3.56. The molecule has 0 aliphatic rings. The molecule has 0 amide bonds. The molecule has 0 radical (unpaired) electrons. The van der Waals surface area contributed by atoms with Gasteiger partial charge in [-0.15, -0.1) is 0 Å². The molecule has 1 aromatic carbocycles. The lowest BCUT2D eigenvalue weighted by molar-refractivity contribution is 0.420. The number of nitrogens with zero attached hydrogens (tertiary/aromatic N) is 2. The quantitative estimate of drug-likeness (QED) is 0.939. The van der Waals surface area contributed by atoms with E-state index in [-0.39, 0.29) is 0 Å². The predicted octanol–water partition coefficient (Wildman–Crippen LogP) is 2.53. The molecule has 0 fully saturated rings. The van der Waals surface area contributed by atoms with Gasteiger partial charge in [0.1, 0.15) is 0 Å². The van der Waals surface area contributed by atoms with Crippen LogP contribution in [0.25, 0.3) is 11.5 Å². The molecule has 0 bridgehead atoms. The molecule has 84 valence electrons. The minimum Gasteiger partial charge on any atom is -0.334 e. The van der Waals surface area contributed by atoms with Crippen LogP contribution in [0, 0.1) is 6.92 Å². The monoisotopic (exact) mass is 281 g/mol. The van der Waals surface area contributed by atoms with Gasteiger partial charge in [0.2, 0.25) is 0 Å². The molecule has 1 N–H and O–H groups in total. The molecule has 1 heterocycles. The van der Waals surface area contributed by atoms with Crippen molar-refractivity contribution in [3.05, 3.63) is 34.1 Å². The summed E-state index contributed by atoms with van der Waals surface area (Å²) in [4.78, 5) is 4.29. The average Bonchev–Trinajstić information content (AvgIpc) is 2.65. The van der Waals surface area contributed by atoms with Crippen LogP contribution >= 0.6 is 15.9 Å². The highest BCUT2D eigenvalue weighted by Crippen LogP contribution is 2.23. The average molecular weight is 282 g/mol. The molecule has 0 saturated carbocycles. The Hall–Kier alpha value is -1.20. The Morgan fingerprint density at radius 1 is 1.38 bits per heavy atom. The third-order valence-electron chi connectivity index (χ3n) is 2.09. The lowest BCUT2D eigenvalue weighted by atomic mass is 10.1. The Morgan fingerprint density at radius 3 is 2.88 bits per heavy atom. The normalized spacial score (nSPS) is 10.7. The Balaban J connectivity index is 2.34. The van der Waals surface area contributed by atoms with Gasteiger partial charge in [-0.2, -0.15) is 4.98 Å². The molecule has 5 heteroatoms. The van der Waals surface area contributed by atoms with Gasteiger partial charge in [-0.25, -0.2) is 0 Å². The molecule has 1 aromatic heterocycles. The summed E-state index contributed by atoms with van der Waals surface area (Å²) in [7, 11) is 1.85. The number of halogens is 1. The second kappa shape index (κ2) is 4.76. The van der Waals surface area contributed by atoms with Crippen molar-refractivity contribution in [3.8, 4) is 11.5 Å². The molecular weight excluding hydrogens is 270 g/mol. The van der Waals surface area contributed by atoms with Gasteiger partial charge in [0.25, 0.3) is 5.89 Å². The van der Waals surface area contributed by atoms with Crippen molar-refractivity contribution in [2.24, 2.45) is 0 Å². The van der Waals surface area contributed by atoms with Gasteiger partial charge in [0, 0.05) is 10.0 Å². The summed E-state index contributed by atoms with van der Waals surface area (Å²) in [6.45, 7) is 2.63. The van der Waals surface area contributed by atoms with Gasteiger partial charge >= 0.3 is 0 Å². The van der Waals surface area contributed by atoms with Crippen molar-refractivity contribution in [2.45, 2.75) is 13.5 Å². The molecule has 0 atom stereocenters. The number of hydrogen-bond acceptors (Lipinski definition) is 4. The maximum absolute atomic E-state index is 5.19. The summed E-state index contributed by atoms with van der Waals surface area (Å²) in [5.41, 5.74) is 2.08. The Morgan fingerprint density at radius 2 is 2.19 bits per heavy atom. The van der Waals surface area contributed by atoms with Gasteiger partial charge in [0.05, 0.1) is 6.54 Å². The molecule has 2 rings (SSSR count). The van der Waals surface area contributed by atoms with E-state index in [1.807, 2.05) is 32.2 Å². The van der Waals surface area contributed by atoms with Crippen molar-refractivity contribution >= 4 is 15.9 Å². The smallest absolute Gasteiger partial charge is 0.258 e. The Kier molecular flexibility index (Phi) is 3.36. The molecule has 0 unspecified atom stereocenters. The van der Waals surface area contributed by atoms with Crippen LogP contribution in [0.2, 0.25) is 0 Å². The first-order valence-corrected chi connectivity index (χ1v) is 5.73. The minimum atomic E-state index is 0.551. The molecule has 0 saturated heterocycles. The van der Waals surface area contributed by atoms with Crippen molar-refractivity contribution < 1.29 is 4.52 Å². The van der Waals surface area contributed by atoms with Crippen LogP contribution in [0.4, 0.5) is 0 Å². The zero-order valence-electron chi connectivity index (χ0n) is 9.12. The van der Waals surface area contributed by atoms with Crippen LogP contribution in [0.5, 0.6) is 0 Å². The molecule has 16 heavy (non-hydrogen) atoms. The summed E-state index contributed by atoms with van der Waals surface area (Å²) in [5.74, 6) is 1.21. The molecule has 4 nitrogen and oxygen atoms in total. The number of aryl methyl sites for hydroxylation is 1. The third-order valence-corrected chi connectivity index (χ3v) is 2.55. The number of benzene rings is 1. The first-order valence-electron chi connectivity index (χ1n) is 4.94. The molecule has 0 spiro atoms. The van der Waals surface area contributed by atoms with E-state index in [2.05, 4.69) is 31.4 Å². The number of nitrogens with one attached hydrogen (secondary N) is 1. The molecule has 2 aromatic rings. The summed E-state index contributed by atoms with van der Waals surface area (Å²) in [6, 6.07) is 6.01. The van der Waals surface area contributed by atoms with Crippen molar-refractivity contribution in [1.82, 2.24) is 15.5 Å². The lowest BCUT2D eigenvalue weighted by Crippen LogP contribution is -2.06. The molecular formula is C11H12BrN3O. The van der Waals surface area contributed by atoms with Gasteiger partial charge < -0.3 is 9.84 Å². The highest BCUT2D eigenvalue weighted by atomic mass is 79.9. The standard InChI is InChI=1S/C11H12BrN3O/c1-7-3-8(5-9(12)4-7)11-14-10(6-13-2)15-16-11/h3-5,13H,6H2,1-2H3. The highest BCUT2D eigenvalue weighted by Gasteiger charge is 2.08. The topological polar surface area (TPSA) is 51.0 Å². The van der Waals surface area contributed by atoms with E-state index in [4.69, 9.17) is 4.52 Å². The van der Waals surface area contributed by atoms with Crippen molar-refractivity contribution in [2.75, 3.05) is 7.05 Å². The van der Waals surface area contributed by atoms with E-state index in [1.54, 1.807) is 0 Å². The maximum Gasteiger partial charge on any atom is 0.258 e. The first-order chi connectivity index (χ1) is 7.69. The zero-order valence-corrected chi connectivity index (χ0v) is 10.7. The second-order valence-corrected chi connectivity index (χ2v) is 4.48. The van der Waals surface area contributed by atoms with Crippen molar-refractivity contribution in [1.29, 1.82) is 0 Å². The number of rotatable bonds is 3. The minimum absolute atomic E-state index is 0.551. The van der Waals surface area contributed by atoms with Crippen LogP contribution in [0.15, 0.2) is 27.2 Å². The molecule has 0 aliphatic carbocycles. The van der Waals surface area contributed by atoms with E-state index in [1.165, 1.54) is 0 Å². The highest BCUT2D eigenvalue weighted by molar-refractivity contribution is 9.10. The van der Waals surface area contributed by atoms with Crippen LogP contribution in [-0.4, -0.2) is 17.2 Å². The van der Waals surface area contributed by atoms with E-state index in [0.29, 0.717) is 18.3 Å². The van der Waals surface area contributed by atoms with Gasteiger partial charge in [0.15, 0.2) is 5.82 Å². The summed E-state index contributed by atoms with van der Waals surface area (Å²) >= 11 is 3.45. The van der Waals surface area contributed by atoms with E-state index in [9.17, 15) is 0 Å². The third kappa shape index (κ3) is 2.48. The largest absolute Gasteiger partial charge is 0.334 e. The Bertz CT molecular complexity index is 475. The number of aromatic nitrogens is 2. The van der Waals surface area contributed by atoms with Crippen LogP contribution in [0.3, 0.4) is 0 Å². The van der Waals surface area contributed by atoms with Gasteiger partial charge in [-0.05, 0) is 37.7 Å². The van der Waals surface area contributed by atoms with Crippen LogP contribution < -0.4 is 5.32 Å². The zero-order chi connectivity index (χ0) is 11.5. The molecule has 0 aliphatic heterocycles. The first kappa shape index (κ1) is 11.3. The summed E-state index contributed by atoms with van der Waals surface area (Å²) in [6.07, 6.45) is 0. The predicted molar refractivity (Wildman–Crippen MR) is 64.9 cm³/mol. The van der Waals surface area contributed by atoms with Crippen LogP contribution in [0.1, 0.15) is 11.4 Å². The van der Waals surface area contributed by atoms with E-state index in [0.717, 1.165) is 15.6 Å². The van der Waals surface area contributed by atoms with Crippen molar-refractivity contribution in [3.63, 3.8) is 0 Å². The Labute approximate surface area is 102 Å². The van der Waals surface area contributed by atoms with E-state index < -0.39 is 0 Å². The summed E-state index contributed by atoms with van der Waals surface area (Å²) < 4.78 is 6.20. The summed E-state index contributed by atoms with van der Waals surface area (Å²) in [5, 5.41) is 6.86. The SMILES string of the molecule is CNCc1noc(-c2cc(C)cc(Br)c2)n1. The van der Waals surface area contributed by atoms with E-state index >= 15 is 0 Å². The fourth-order valence-electron chi connectivity index (χ4n) is 1.46. The fraction of sp³-hybridized carbons (Fsp3) is 0.273. The van der Waals surface area contributed by atoms with Gasteiger partial charge in [-0.1, -0.05) is 21.1 Å². The number of hydrogen-bond donors (Lipinski definition) is 1. The van der Waals surface area contributed by atoms with Crippen LogP contribution in [-0.2, 0) is 6.54 Å². The lowest BCUT2D eigenvalue weighted by Gasteiger charge is -1.98.